The number of hydrogen-bond acceptors (Lipinski definition) is 4. The number of ether oxygens (including phenoxy) is 1. The summed E-state index contributed by atoms with van der Waals surface area (Å²) < 4.78 is 5.41. The molecule has 0 aromatic heterocycles. The molecule has 1 heterocycles. The van der Waals surface area contributed by atoms with Crippen LogP contribution in [-0.4, -0.2) is 88.2 Å². The number of hydrogen-bond donors (Lipinski definition) is 2. The van der Waals surface area contributed by atoms with Crippen molar-refractivity contribution in [2.24, 2.45) is 10.9 Å². The molecule has 1 aliphatic heterocycles. The molecule has 1 unspecified atom stereocenters. The maximum Gasteiger partial charge on any atom is 0.253 e. The highest BCUT2D eigenvalue weighted by Gasteiger charge is 2.13. The van der Waals surface area contributed by atoms with Crippen LogP contribution in [0, 0.1) is 5.92 Å². The number of aliphatic imine (C=N–C) groups is 1. The highest BCUT2D eigenvalue weighted by Crippen LogP contribution is 2.08. The topological polar surface area (TPSA) is 69.2 Å². The molecule has 0 bridgehead atoms. The van der Waals surface area contributed by atoms with Gasteiger partial charge in [0, 0.05) is 58.9 Å². The third-order valence-corrected chi connectivity index (χ3v) is 4.87. The Morgan fingerprint density at radius 2 is 2.00 bits per heavy atom. The summed E-state index contributed by atoms with van der Waals surface area (Å²) >= 11 is 0. The van der Waals surface area contributed by atoms with E-state index in [1.807, 2.05) is 18.2 Å². The van der Waals surface area contributed by atoms with Gasteiger partial charge in [-0.2, -0.15) is 0 Å². The molecule has 0 radical (unpaired) electrons. The Hall–Kier alpha value is -1.39. The summed E-state index contributed by atoms with van der Waals surface area (Å²) in [5, 5.41) is 6.73. The number of benzene rings is 1. The molecule has 0 saturated carbocycles. The molecule has 1 amide bonds. The van der Waals surface area contributed by atoms with Gasteiger partial charge in [0.25, 0.3) is 5.91 Å². The van der Waals surface area contributed by atoms with Gasteiger partial charge in [-0.05, 0) is 37.0 Å². The van der Waals surface area contributed by atoms with Gasteiger partial charge in [0.2, 0.25) is 0 Å². The van der Waals surface area contributed by atoms with Crippen molar-refractivity contribution in [2.45, 2.75) is 20.3 Å². The molecule has 1 atom stereocenters. The fraction of sp³-hybridized carbons (Fsp3) is 0.636. The number of nitrogens with zero attached hydrogens (tertiary/aromatic N) is 3. The Kier molecular flexibility index (Phi) is 13.0. The van der Waals surface area contributed by atoms with Gasteiger partial charge in [-0.25, -0.2) is 0 Å². The molecule has 1 aliphatic rings. The van der Waals surface area contributed by atoms with Crippen LogP contribution in [0.4, 0.5) is 0 Å². The lowest BCUT2D eigenvalue weighted by atomic mass is 10.1. The maximum absolute atomic E-state index is 12.1. The zero-order chi connectivity index (χ0) is 21.1. The van der Waals surface area contributed by atoms with Crippen molar-refractivity contribution < 1.29 is 9.53 Å². The summed E-state index contributed by atoms with van der Waals surface area (Å²) in [4.78, 5) is 20.9. The number of amides is 1. The highest BCUT2D eigenvalue weighted by atomic mass is 127. The molecular formula is C22H38IN5O2. The first kappa shape index (κ1) is 26.6. The van der Waals surface area contributed by atoms with Gasteiger partial charge in [0.15, 0.2) is 5.96 Å². The molecule has 0 spiro atoms. The van der Waals surface area contributed by atoms with Gasteiger partial charge >= 0.3 is 0 Å². The number of carbonyl (C=O) groups excluding carboxylic acids is 1. The van der Waals surface area contributed by atoms with E-state index in [4.69, 9.17) is 9.73 Å². The normalized spacial score (nSPS) is 15.8. The molecular weight excluding hydrogens is 493 g/mol. The van der Waals surface area contributed by atoms with E-state index in [2.05, 4.69) is 35.4 Å². The van der Waals surface area contributed by atoms with Gasteiger partial charge in [-0.15, -0.1) is 24.0 Å². The number of halogens is 1. The Balaban J connectivity index is 0.00000450. The molecule has 1 aromatic carbocycles. The molecule has 1 saturated heterocycles. The van der Waals surface area contributed by atoms with Crippen molar-refractivity contribution in [2.75, 3.05) is 66.6 Å². The summed E-state index contributed by atoms with van der Waals surface area (Å²) in [7, 11) is 3.55. The van der Waals surface area contributed by atoms with E-state index < -0.39 is 0 Å². The van der Waals surface area contributed by atoms with E-state index in [1.165, 1.54) is 0 Å². The van der Waals surface area contributed by atoms with Crippen LogP contribution < -0.4 is 10.6 Å². The van der Waals surface area contributed by atoms with Crippen molar-refractivity contribution in [1.82, 2.24) is 20.4 Å². The molecule has 1 fully saturated rings. The van der Waals surface area contributed by atoms with Crippen LogP contribution in [-0.2, 0) is 11.2 Å². The molecule has 170 valence electrons. The standard InChI is InChI=1S/C22H37N5O2.HI/c1-5-23-22(25-16-18(2)17-27-11-13-29-14-12-27)24-10-9-19-7-6-8-20(15-19)21(28)26(3)4;/h6-8,15,18H,5,9-14,16-17H2,1-4H3,(H2,23,24,25);1H. The van der Waals surface area contributed by atoms with Crippen LogP contribution in [0.3, 0.4) is 0 Å². The predicted molar refractivity (Wildman–Crippen MR) is 134 cm³/mol. The third-order valence-electron chi connectivity index (χ3n) is 4.87. The van der Waals surface area contributed by atoms with E-state index >= 15 is 0 Å². The summed E-state index contributed by atoms with van der Waals surface area (Å²) in [5.41, 5.74) is 1.87. The Labute approximate surface area is 198 Å². The van der Waals surface area contributed by atoms with E-state index in [0.29, 0.717) is 5.92 Å². The average molecular weight is 531 g/mol. The van der Waals surface area contributed by atoms with Crippen LogP contribution in [0.2, 0.25) is 0 Å². The van der Waals surface area contributed by atoms with Crippen LogP contribution >= 0.6 is 24.0 Å². The quantitative estimate of drug-likeness (QED) is 0.290. The number of nitrogens with one attached hydrogen (secondary N) is 2. The summed E-state index contributed by atoms with van der Waals surface area (Å²) in [6.07, 6.45) is 0.836. The lowest BCUT2D eigenvalue weighted by Gasteiger charge is -2.28. The van der Waals surface area contributed by atoms with E-state index in [0.717, 1.165) is 76.0 Å². The van der Waals surface area contributed by atoms with E-state index in [1.54, 1.807) is 19.0 Å². The Morgan fingerprint density at radius 3 is 2.67 bits per heavy atom. The summed E-state index contributed by atoms with van der Waals surface area (Å²) in [6.45, 7) is 11.5. The minimum absolute atomic E-state index is 0. The second kappa shape index (κ2) is 14.6. The fourth-order valence-electron chi connectivity index (χ4n) is 3.31. The maximum atomic E-state index is 12.1. The summed E-state index contributed by atoms with van der Waals surface area (Å²) in [5.74, 6) is 1.38. The lowest BCUT2D eigenvalue weighted by molar-refractivity contribution is 0.0323. The number of morpholine rings is 1. The van der Waals surface area contributed by atoms with Crippen molar-refractivity contribution >= 4 is 35.8 Å². The minimum atomic E-state index is 0. The van der Waals surface area contributed by atoms with Crippen molar-refractivity contribution in [3.63, 3.8) is 0 Å². The van der Waals surface area contributed by atoms with Gasteiger partial charge in [-0.1, -0.05) is 19.1 Å². The minimum Gasteiger partial charge on any atom is -0.379 e. The first-order valence-electron chi connectivity index (χ1n) is 10.6. The van der Waals surface area contributed by atoms with Crippen molar-refractivity contribution in [3.8, 4) is 0 Å². The van der Waals surface area contributed by atoms with Gasteiger partial charge < -0.3 is 20.3 Å². The molecule has 1 aromatic rings. The highest BCUT2D eigenvalue weighted by molar-refractivity contribution is 14.0. The Morgan fingerprint density at radius 1 is 1.27 bits per heavy atom. The third kappa shape index (κ3) is 9.61. The molecule has 30 heavy (non-hydrogen) atoms. The first-order valence-corrected chi connectivity index (χ1v) is 10.6. The first-order chi connectivity index (χ1) is 14.0. The van der Waals surface area contributed by atoms with Crippen LogP contribution in [0.15, 0.2) is 29.3 Å². The molecule has 0 aliphatic carbocycles. The Bertz CT molecular complexity index is 663. The number of carbonyl (C=O) groups is 1. The average Bonchev–Trinajstić information content (AvgIpc) is 2.72. The van der Waals surface area contributed by atoms with Gasteiger partial charge in [0.05, 0.1) is 13.2 Å². The zero-order valence-corrected chi connectivity index (χ0v) is 21.1. The molecule has 2 N–H and O–H groups in total. The van der Waals surface area contributed by atoms with E-state index in [-0.39, 0.29) is 29.9 Å². The van der Waals surface area contributed by atoms with Crippen LogP contribution in [0.5, 0.6) is 0 Å². The largest absolute Gasteiger partial charge is 0.379 e. The molecule has 2 rings (SSSR count). The smallest absolute Gasteiger partial charge is 0.253 e. The van der Waals surface area contributed by atoms with E-state index in [9.17, 15) is 4.79 Å². The SMILES string of the molecule is CCNC(=NCC(C)CN1CCOCC1)NCCc1cccc(C(=O)N(C)C)c1.I. The zero-order valence-electron chi connectivity index (χ0n) is 18.8. The lowest BCUT2D eigenvalue weighted by Crippen LogP contribution is -2.40. The molecule has 8 heteroatoms. The van der Waals surface area contributed by atoms with Gasteiger partial charge in [-0.3, -0.25) is 14.7 Å². The molecule has 7 nitrogen and oxygen atoms in total. The summed E-state index contributed by atoms with van der Waals surface area (Å²) in [6, 6.07) is 7.83. The van der Waals surface area contributed by atoms with Crippen LogP contribution in [0.25, 0.3) is 0 Å². The second-order valence-corrected chi connectivity index (χ2v) is 7.81. The monoisotopic (exact) mass is 531 g/mol. The van der Waals surface area contributed by atoms with Crippen LogP contribution in [0.1, 0.15) is 29.8 Å². The number of guanidine groups is 1. The number of rotatable bonds is 9. The van der Waals surface area contributed by atoms with Gasteiger partial charge in [0.1, 0.15) is 0 Å². The predicted octanol–water partition coefficient (Wildman–Crippen LogP) is 2.07. The fourth-order valence-corrected chi connectivity index (χ4v) is 3.31. The second-order valence-electron chi connectivity index (χ2n) is 7.81. The van der Waals surface area contributed by atoms with Crippen molar-refractivity contribution in [1.29, 1.82) is 0 Å². The van der Waals surface area contributed by atoms with Crippen molar-refractivity contribution in [3.05, 3.63) is 35.4 Å².